The van der Waals surface area contributed by atoms with Gasteiger partial charge < -0.3 is 9.84 Å². The highest BCUT2D eigenvalue weighted by atomic mass is 16.5. The van der Waals surface area contributed by atoms with E-state index >= 15 is 0 Å². The summed E-state index contributed by atoms with van der Waals surface area (Å²) in [5, 5.41) is 9.13. The maximum absolute atomic E-state index is 12.1. The minimum absolute atomic E-state index is 0.00543. The van der Waals surface area contributed by atoms with E-state index in [4.69, 9.17) is 9.84 Å². The fourth-order valence-electron chi connectivity index (χ4n) is 3.87. The number of aromatic carboxylic acids is 1. The first kappa shape index (κ1) is 27.2. The smallest absolute Gasteiger partial charge is 0.339 e. The Kier molecular flexibility index (Phi) is 15.6. The minimum atomic E-state index is -1.11. The van der Waals surface area contributed by atoms with Crippen molar-refractivity contribution in [2.24, 2.45) is 5.92 Å². The van der Waals surface area contributed by atoms with E-state index in [1.54, 1.807) is 12.1 Å². The number of ether oxygens (including phenoxy) is 1. The van der Waals surface area contributed by atoms with Crippen molar-refractivity contribution in [1.29, 1.82) is 0 Å². The Morgan fingerprint density at radius 1 is 0.710 bits per heavy atom. The number of rotatable bonds is 19. The van der Waals surface area contributed by atoms with Crippen LogP contribution < -0.4 is 0 Å². The Morgan fingerprint density at radius 3 is 1.58 bits per heavy atom. The second-order valence-electron chi connectivity index (χ2n) is 9.12. The molecule has 31 heavy (non-hydrogen) atoms. The van der Waals surface area contributed by atoms with Gasteiger partial charge in [0.05, 0.1) is 17.7 Å². The lowest BCUT2D eigenvalue weighted by atomic mass is 10.0. The van der Waals surface area contributed by atoms with Crippen LogP contribution in [-0.2, 0) is 4.74 Å². The number of carboxylic acid groups (broad SMARTS) is 1. The maximum atomic E-state index is 12.1. The zero-order chi connectivity index (χ0) is 22.7. The van der Waals surface area contributed by atoms with Crippen LogP contribution in [0.15, 0.2) is 24.3 Å². The van der Waals surface area contributed by atoms with Crippen LogP contribution in [0.2, 0.25) is 0 Å². The highest BCUT2D eigenvalue weighted by molar-refractivity contribution is 6.02. The molecule has 0 fully saturated rings. The molecular weight excluding hydrogens is 388 g/mol. The summed E-state index contributed by atoms with van der Waals surface area (Å²) < 4.78 is 5.24. The zero-order valence-corrected chi connectivity index (χ0v) is 19.9. The van der Waals surface area contributed by atoms with Gasteiger partial charge in [-0.25, -0.2) is 9.59 Å². The molecule has 4 nitrogen and oxygen atoms in total. The Morgan fingerprint density at radius 2 is 1.13 bits per heavy atom. The van der Waals surface area contributed by atoms with Crippen LogP contribution in [0.4, 0.5) is 0 Å². The zero-order valence-electron chi connectivity index (χ0n) is 19.9. The Hall–Kier alpha value is -1.84. The molecular formula is C27H44O4. The summed E-state index contributed by atoms with van der Waals surface area (Å²) in [6.07, 6.45) is 19.4. The van der Waals surface area contributed by atoms with Crippen LogP contribution >= 0.6 is 0 Å². The fourth-order valence-corrected chi connectivity index (χ4v) is 3.87. The van der Waals surface area contributed by atoms with Gasteiger partial charge in [-0.1, -0.05) is 116 Å². The van der Waals surface area contributed by atoms with Gasteiger partial charge in [0, 0.05) is 0 Å². The Balaban J connectivity index is 1.88. The molecule has 4 heteroatoms. The van der Waals surface area contributed by atoms with Gasteiger partial charge >= 0.3 is 11.9 Å². The number of benzene rings is 1. The van der Waals surface area contributed by atoms with Crippen LogP contribution in [0.5, 0.6) is 0 Å². The number of carboxylic acids is 1. The summed E-state index contributed by atoms with van der Waals surface area (Å²) in [4.78, 5) is 23.2. The van der Waals surface area contributed by atoms with Crippen molar-refractivity contribution in [2.75, 3.05) is 6.61 Å². The predicted octanol–water partition coefficient (Wildman–Crippen LogP) is 8.05. The lowest BCUT2D eigenvalue weighted by Gasteiger charge is -2.07. The summed E-state index contributed by atoms with van der Waals surface area (Å²) in [5.74, 6) is -0.802. The predicted molar refractivity (Wildman–Crippen MR) is 128 cm³/mol. The second-order valence-corrected chi connectivity index (χ2v) is 9.12. The first-order valence-corrected chi connectivity index (χ1v) is 12.5. The quantitative estimate of drug-likeness (QED) is 0.177. The van der Waals surface area contributed by atoms with Crippen LogP contribution in [0.25, 0.3) is 0 Å². The van der Waals surface area contributed by atoms with Crippen molar-refractivity contribution in [3.8, 4) is 0 Å². The van der Waals surface area contributed by atoms with E-state index in [2.05, 4.69) is 13.8 Å². The Bertz CT molecular complexity index is 609. The number of hydrogen-bond acceptors (Lipinski definition) is 3. The van der Waals surface area contributed by atoms with Crippen molar-refractivity contribution in [2.45, 2.75) is 110 Å². The molecule has 0 heterocycles. The first-order valence-electron chi connectivity index (χ1n) is 12.5. The summed E-state index contributed by atoms with van der Waals surface area (Å²) in [5.41, 5.74) is 0.121. The average Bonchev–Trinajstić information content (AvgIpc) is 2.75. The van der Waals surface area contributed by atoms with Gasteiger partial charge in [0.25, 0.3) is 0 Å². The number of carbonyl (C=O) groups is 2. The molecule has 1 aromatic carbocycles. The average molecular weight is 433 g/mol. The molecule has 176 valence electrons. The molecule has 0 spiro atoms. The second kappa shape index (κ2) is 17.8. The highest BCUT2D eigenvalue weighted by Gasteiger charge is 2.16. The molecule has 0 aliphatic heterocycles. The van der Waals surface area contributed by atoms with Crippen molar-refractivity contribution in [3.05, 3.63) is 35.4 Å². The van der Waals surface area contributed by atoms with Crippen molar-refractivity contribution in [3.63, 3.8) is 0 Å². The van der Waals surface area contributed by atoms with Gasteiger partial charge in [0.15, 0.2) is 0 Å². The summed E-state index contributed by atoms with van der Waals surface area (Å²) in [7, 11) is 0. The van der Waals surface area contributed by atoms with Gasteiger partial charge in [-0.2, -0.15) is 0 Å². The standard InChI is InChI=1S/C27H44O4/c1-23(2)19-15-13-11-9-7-5-3-4-6-8-10-12-14-18-22-31-27(30)25-21-17-16-20-24(25)26(28)29/h16-17,20-21,23H,3-15,18-19,22H2,1-2H3,(H,28,29). The largest absolute Gasteiger partial charge is 0.478 e. The third kappa shape index (κ3) is 14.0. The number of unbranched alkanes of at least 4 members (excludes halogenated alkanes) is 13. The minimum Gasteiger partial charge on any atom is -0.478 e. The van der Waals surface area contributed by atoms with Gasteiger partial charge in [0.2, 0.25) is 0 Å². The molecule has 0 saturated carbocycles. The Labute approximate surface area is 189 Å². The van der Waals surface area contributed by atoms with Crippen LogP contribution in [-0.4, -0.2) is 23.7 Å². The molecule has 0 radical (unpaired) electrons. The molecule has 0 atom stereocenters. The normalized spacial score (nSPS) is 11.1. The summed E-state index contributed by atoms with van der Waals surface area (Å²) in [6, 6.07) is 6.18. The number of carbonyl (C=O) groups excluding carboxylic acids is 1. The van der Waals surface area contributed by atoms with Crippen LogP contribution in [0.3, 0.4) is 0 Å². The highest BCUT2D eigenvalue weighted by Crippen LogP contribution is 2.15. The lowest BCUT2D eigenvalue weighted by molar-refractivity contribution is 0.0487. The van der Waals surface area contributed by atoms with Crippen LogP contribution in [0, 0.1) is 5.92 Å². The van der Waals surface area contributed by atoms with E-state index in [0.29, 0.717) is 6.61 Å². The van der Waals surface area contributed by atoms with Crippen LogP contribution in [0.1, 0.15) is 131 Å². The first-order chi connectivity index (χ1) is 15.0. The number of esters is 1. The molecule has 0 saturated heterocycles. The van der Waals surface area contributed by atoms with Crippen molar-refractivity contribution >= 4 is 11.9 Å². The molecule has 0 amide bonds. The van der Waals surface area contributed by atoms with Gasteiger partial charge in [-0.15, -0.1) is 0 Å². The van der Waals surface area contributed by atoms with Gasteiger partial charge in [-0.05, 0) is 24.5 Å². The van der Waals surface area contributed by atoms with E-state index in [1.807, 2.05) is 0 Å². The summed E-state index contributed by atoms with van der Waals surface area (Å²) in [6.45, 7) is 4.97. The van der Waals surface area contributed by atoms with E-state index in [1.165, 1.54) is 95.6 Å². The summed E-state index contributed by atoms with van der Waals surface area (Å²) >= 11 is 0. The third-order valence-corrected chi connectivity index (χ3v) is 5.79. The topological polar surface area (TPSA) is 63.6 Å². The maximum Gasteiger partial charge on any atom is 0.339 e. The molecule has 0 aliphatic carbocycles. The van der Waals surface area contributed by atoms with Gasteiger partial charge in [0.1, 0.15) is 0 Å². The molecule has 1 rings (SSSR count). The van der Waals surface area contributed by atoms with Crippen molar-refractivity contribution in [1.82, 2.24) is 0 Å². The molecule has 1 N–H and O–H groups in total. The van der Waals surface area contributed by atoms with Crippen molar-refractivity contribution < 1.29 is 19.4 Å². The van der Waals surface area contributed by atoms with Gasteiger partial charge in [-0.3, -0.25) is 0 Å². The SMILES string of the molecule is CC(C)CCCCCCCCCCCCCCCCOC(=O)c1ccccc1C(=O)O. The molecule has 0 aromatic heterocycles. The third-order valence-electron chi connectivity index (χ3n) is 5.79. The monoisotopic (exact) mass is 432 g/mol. The molecule has 1 aromatic rings. The molecule has 0 aliphatic rings. The molecule has 0 unspecified atom stereocenters. The lowest BCUT2D eigenvalue weighted by Crippen LogP contribution is -2.12. The fraction of sp³-hybridized carbons (Fsp3) is 0.704. The van der Waals surface area contributed by atoms with E-state index < -0.39 is 11.9 Å². The van der Waals surface area contributed by atoms with E-state index in [0.717, 1.165) is 18.8 Å². The van der Waals surface area contributed by atoms with E-state index in [-0.39, 0.29) is 11.1 Å². The number of hydrogen-bond donors (Lipinski definition) is 1. The van der Waals surface area contributed by atoms with E-state index in [9.17, 15) is 9.59 Å². The molecule has 0 bridgehead atoms.